The van der Waals surface area contributed by atoms with Crippen molar-refractivity contribution in [2.75, 3.05) is 5.32 Å². The summed E-state index contributed by atoms with van der Waals surface area (Å²) in [6, 6.07) is 7.17. The standard InChI is InChI=1S/C19H15F3N4O2/c1-11-15(18-23-9-8-17(19(20,21)22)26(18)25-11)6-7-16(28)13-4-3-5-14(10-13)24-12(2)27/h3-10H,1-2H3,(H,24,27)/b7-6+. The van der Waals surface area contributed by atoms with Crippen molar-refractivity contribution in [2.45, 2.75) is 20.0 Å². The summed E-state index contributed by atoms with van der Waals surface area (Å²) < 4.78 is 40.1. The molecule has 2 heterocycles. The first-order chi connectivity index (χ1) is 13.2. The monoisotopic (exact) mass is 388 g/mol. The third-order valence-corrected chi connectivity index (χ3v) is 3.90. The fraction of sp³-hybridized carbons (Fsp3) is 0.158. The van der Waals surface area contributed by atoms with Crippen LogP contribution in [0.25, 0.3) is 11.7 Å². The van der Waals surface area contributed by atoms with Crippen molar-refractivity contribution >= 4 is 29.1 Å². The van der Waals surface area contributed by atoms with Crippen molar-refractivity contribution in [1.82, 2.24) is 14.6 Å². The molecule has 1 aromatic carbocycles. The SMILES string of the molecule is CC(=O)Nc1cccc(C(=O)/C=C/c2c(C)nn3c(C(F)(F)F)ccnc23)c1. The Morgan fingerprint density at radius 1 is 1.21 bits per heavy atom. The average molecular weight is 388 g/mol. The maximum Gasteiger partial charge on any atom is 0.433 e. The number of rotatable bonds is 4. The number of nitrogens with one attached hydrogen (secondary N) is 1. The lowest BCUT2D eigenvalue weighted by molar-refractivity contribution is -0.142. The number of ketones is 1. The van der Waals surface area contributed by atoms with Gasteiger partial charge in [0, 0.05) is 29.9 Å². The molecule has 6 nitrogen and oxygen atoms in total. The van der Waals surface area contributed by atoms with E-state index in [1.54, 1.807) is 18.2 Å². The van der Waals surface area contributed by atoms with E-state index in [2.05, 4.69) is 15.4 Å². The van der Waals surface area contributed by atoms with Crippen molar-refractivity contribution in [3.63, 3.8) is 0 Å². The van der Waals surface area contributed by atoms with Crippen LogP contribution < -0.4 is 5.32 Å². The van der Waals surface area contributed by atoms with Gasteiger partial charge in [-0.25, -0.2) is 9.50 Å². The highest BCUT2D eigenvalue weighted by molar-refractivity contribution is 6.08. The summed E-state index contributed by atoms with van der Waals surface area (Å²) in [6.07, 6.45) is -0.910. The van der Waals surface area contributed by atoms with Gasteiger partial charge in [0.2, 0.25) is 5.91 Å². The number of halogens is 3. The Kier molecular flexibility index (Phi) is 5.00. The van der Waals surface area contributed by atoms with Gasteiger partial charge in [0.25, 0.3) is 0 Å². The topological polar surface area (TPSA) is 76.4 Å². The van der Waals surface area contributed by atoms with Crippen LogP contribution in [0.3, 0.4) is 0 Å². The predicted octanol–water partition coefficient (Wildman–Crippen LogP) is 3.91. The van der Waals surface area contributed by atoms with Crippen LogP contribution in [0, 0.1) is 6.92 Å². The Bertz CT molecular complexity index is 1100. The number of aromatic nitrogens is 3. The number of nitrogens with zero attached hydrogens (tertiary/aromatic N) is 3. The van der Waals surface area contributed by atoms with E-state index in [4.69, 9.17) is 0 Å². The number of carbonyl (C=O) groups is 2. The lowest BCUT2D eigenvalue weighted by Gasteiger charge is -2.07. The molecule has 0 fully saturated rings. The first-order valence-corrected chi connectivity index (χ1v) is 8.18. The van der Waals surface area contributed by atoms with Gasteiger partial charge in [-0.15, -0.1) is 0 Å². The minimum atomic E-state index is -4.58. The molecule has 0 aliphatic carbocycles. The maximum absolute atomic E-state index is 13.1. The molecule has 144 valence electrons. The summed E-state index contributed by atoms with van der Waals surface area (Å²) in [5, 5.41) is 6.48. The number of aryl methyl sites for hydroxylation is 1. The molecule has 28 heavy (non-hydrogen) atoms. The number of benzene rings is 1. The summed E-state index contributed by atoms with van der Waals surface area (Å²) >= 11 is 0. The minimum absolute atomic E-state index is 0.00312. The Balaban J connectivity index is 1.95. The average Bonchev–Trinajstić information content (AvgIpc) is 2.93. The molecule has 2 aromatic heterocycles. The summed E-state index contributed by atoms with van der Waals surface area (Å²) in [7, 11) is 0. The van der Waals surface area contributed by atoms with Gasteiger partial charge in [-0.1, -0.05) is 12.1 Å². The van der Waals surface area contributed by atoms with E-state index >= 15 is 0 Å². The summed E-state index contributed by atoms with van der Waals surface area (Å²) in [6.45, 7) is 2.89. The molecular formula is C19H15F3N4O2. The van der Waals surface area contributed by atoms with Crippen molar-refractivity contribution in [1.29, 1.82) is 0 Å². The number of hydrogen-bond donors (Lipinski definition) is 1. The van der Waals surface area contributed by atoms with Gasteiger partial charge in [0.05, 0.1) is 5.69 Å². The molecule has 0 aliphatic heterocycles. The molecule has 0 radical (unpaired) electrons. The van der Waals surface area contributed by atoms with E-state index in [0.717, 1.165) is 16.8 Å². The Hall–Kier alpha value is -3.49. The summed E-state index contributed by atoms with van der Waals surface area (Å²) in [4.78, 5) is 27.5. The molecule has 9 heteroatoms. The zero-order chi connectivity index (χ0) is 20.5. The van der Waals surface area contributed by atoms with Gasteiger partial charge in [-0.05, 0) is 37.3 Å². The van der Waals surface area contributed by atoms with Crippen LogP contribution in [0.1, 0.15) is 34.2 Å². The van der Waals surface area contributed by atoms with E-state index in [1.165, 1.54) is 32.1 Å². The van der Waals surface area contributed by atoms with Crippen molar-refractivity contribution in [2.24, 2.45) is 0 Å². The molecule has 1 N–H and O–H groups in total. The van der Waals surface area contributed by atoms with Crippen LogP contribution in [0.15, 0.2) is 42.6 Å². The Morgan fingerprint density at radius 2 is 1.96 bits per heavy atom. The normalized spacial score (nSPS) is 11.9. The Labute approximate surface area is 157 Å². The minimum Gasteiger partial charge on any atom is -0.326 e. The molecule has 0 bridgehead atoms. The van der Waals surface area contributed by atoms with E-state index < -0.39 is 11.9 Å². The van der Waals surface area contributed by atoms with Gasteiger partial charge < -0.3 is 5.32 Å². The van der Waals surface area contributed by atoms with E-state index in [9.17, 15) is 22.8 Å². The Morgan fingerprint density at radius 3 is 2.64 bits per heavy atom. The zero-order valence-electron chi connectivity index (χ0n) is 14.9. The fourth-order valence-corrected chi connectivity index (χ4v) is 2.69. The smallest absolute Gasteiger partial charge is 0.326 e. The molecule has 0 aliphatic rings. The molecule has 3 aromatic rings. The number of fused-ring (bicyclic) bond motifs is 1. The number of carbonyl (C=O) groups excluding carboxylic acids is 2. The van der Waals surface area contributed by atoms with Crippen LogP contribution in [0.2, 0.25) is 0 Å². The zero-order valence-corrected chi connectivity index (χ0v) is 14.9. The highest BCUT2D eigenvalue weighted by Gasteiger charge is 2.34. The third kappa shape index (κ3) is 3.93. The number of alkyl halides is 3. The van der Waals surface area contributed by atoms with Crippen molar-refractivity contribution in [3.05, 3.63) is 65.1 Å². The van der Waals surface area contributed by atoms with Gasteiger partial charge in [0.15, 0.2) is 11.4 Å². The fourth-order valence-electron chi connectivity index (χ4n) is 2.69. The van der Waals surface area contributed by atoms with Crippen molar-refractivity contribution < 1.29 is 22.8 Å². The molecular weight excluding hydrogens is 373 g/mol. The van der Waals surface area contributed by atoms with Crippen LogP contribution in [-0.4, -0.2) is 26.3 Å². The number of hydrogen-bond acceptors (Lipinski definition) is 4. The molecule has 0 atom stereocenters. The molecule has 0 saturated carbocycles. The molecule has 0 saturated heterocycles. The summed E-state index contributed by atoms with van der Waals surface area (Å²) in [5.41, 5.74) is 0.464. The largest absolute Gasteiger partial charge is 0.433 e. The van der Waals surface area contributed by atoms with E-state index in [-0.39, 0.29) is 17.3 Å². The first kappa shape index (κ1) is 19.3. The quantitative estimate of drug-likeness (QED) is 0.543. The highest BCUT2D eigenvalue weighted by atomic mass is 19.4. The number of amides is 1. The van der Waals surface area contributed by atoms with Gasteiger partial charge in [0.1, 0.15) is 5.69 Å². The molecule has 1 amide bonds. The predicted molar refractivity (Wildman–Crippen MR) is 96.8 cm³/mol. The van der Waals surface area contributed by atoms with Crippen LogP contribution in [0.4, 0.5) is 18.9 Å². The molecule has 0 spiro atoms. The van der Waals surface area contributed by atoms with E-state index in [0.29, 0.717) is 22.5 Å². The number of allylic oxidation sites excluding steroid dienone is 1. The lowest BCUT2D eigenvalue weighted by atomic mass is 10.1. The van der Waals surface area contributed by atoms with Gasteiger partial charge in [-0.2, -0.15) is 18.3 Å². The van der Waals surface area contributed by atoms with Gasteiger partial charge >= 0.3 is 6.18 Å². The third-order valence-electron chi connectivity index (χ3n) is 3.90. The molecule has 0 unspecified atom stereocenters. The van der Waals surface area contributed by atoms with Crippen molar-refractivity contribution in [3.8, 4) is 0 Å². The second-order valence-corrected chi connectivity index (χ2v) is 6.02. The lowest BCUT2D eigenvalue weighted by Crippen LogP contribution is -2.12. The molecule has 3 rings (SSSR count). The number of anilines is 1. The maximum atomic E-state index is 13.1. The first-order valence-electron chi connectivity index (χ1n) is 8.18. The van der Waals surface area contributed by atoms with Gasteiger partial charge in [-0.3, -0.25) is 9.59 Å². The van der Waals surface area contributed by atoms with Crippen LogP contribution in [0.5, 0.6) is 0 Å². The van der Waals surface area contributed by atoms with E-state index in [1.807, 2.05) is 0 Å². The second kappa shape index (κ2) is 7.26. The summed E-state index contributed by atoms with van der Waals surface area (Å²) in [5.74, 6) is -0.647. The van der Waals surface area contributed by atoms with Crippen LogP contribution in [-0.2, 0) is 11.0 Å². The second-order valence-electron chi connectivity index (χ2n) is 6.02. The highest BCUT2D eigenvalue weighted by Crippen LogP contribution is 2.30. The van der Waals surface area contributed by atoms with Crippen LogP contribution >= 0.6 is 0 Å².